The number of ether oxygens (including phenoxy) is 5. The van der Waals surface area contributed by atoms with Crippen LogP contribution in [0.4, 0.5) is 0 Å². The topological polar surface area (TPSA) is 114 Å². The van der Waals surface area contributed by atoms with Crippen LogP contribution in [0.5, 0.6) is 0 Å². The molecule has 25 heavy (non-hydrogen) atoms. The molecule has 0 bridgehead atoms. The molecule has 5 unspecified atom stereocenters. The van der Waals surface area contributed by atoms with Gasteiger partial charge in [0.15, 0.2) is 0 Å². The first-order chi connectivity index (χ1) is 11.6. The van der Waals surface area contributed by atoms with E-state index < -0.39 is 53.3 Å². The van der Waals surface area contributed by atoms with Gasteiger partial charge in [-0.15, -0.1) is 0 Å². The van der Waals surface area contributed by atoms with Gasteiger partial charge in [0.25, 0.3) is 0 Å². The molecular formula is C15H22O9Se. The number of esters is 4. The van der Waals surface area contributed by atoms with Crippen molar-refractivity contribution < 1.29 is 42.9 Å². The molecule has 1 saturated heterocycles. The number of hydrogen-bond donors (Lipinski definition) is 0. The van der Waals surface area contributed by atoms with Crippen LogP contribution in [0.2, 0.25) is 5.82 Å². The third kappa shape index (κ3) is 6.64. The van der Waals surface area contributed by atoms with Gasteiger partial charge in [-0.3, -0.25) is 0 Å². The third-order valence-electron chi connectivity index (χ3n) is 3.18. The van der Waals surface area contributed by atoms with Crippen molar-refractivity contribution in [1.82, 2.24) is 0 Å². The van der Waals surface area contributed by atoms with Crippen molar-refractivity contribution in [3.05, 3.63) is 0 Å². The maximum absolute atomic E-state index is 11.5. The van der Waals surface area contributed by atoms with Gasteiger partial charge in [0.05, 0.1) is 0 Å². The Morgan fingerprint density at radius 2 is 1.28 bits per heavy atom. The Morgan fingerprint density at radius 3 is 1.72 bits per heavy atom. The van der Waals surface area contributed by atoms with E-state index >= 15 is 0 Å². The molecule has 10 heteroatoms. The van der Waals surface area contributed by atoms with E-state index in [1.54, 1.807) is 0 Å². The van der Waals surface area contributed by atoms with E-state index in [-0.39, 0.29) is 21.6 Å². The zero-order valence-corrected chi connectivity index (χ0v) is 16.4. The Morgan fingerprint density at radius 1 is 0.800 bits per heavy atom. The summed E-state index contributed by atoms with van der Waals surface area (Å²) in [6.07, 6.45) is -3.92. The van der Waals surface area contributed by atoms with Crippen molar-refractivity contribution >= 4 is 38.8 Å². The summed E-state index contributed by atoms with van der Waals surface area (Å²) < 4.78 is 26.6. The Balaban J connectivity index is 3.18. The molecule has 1 aliphatic heterocycles. The standard InChI is InChI=1S/C15H22O9Se/c1-7(16)20-6-11-12(21-8(2)17)13(22-9(3)18)14(23-10(4)19)15(24-11)25-5/h11-15H,6H2,1-5H3. The fourth-order valence-corrected chi connectivity index (χ4v) is 3.92. The van der Waals surface area contributed by atoms with Crippen LogP contribution in [0, 0.1) is 0 Å². The summed E-state index contributed by atoms with van der Waals surface area (Å²) in [5.74, 6) is -0.529. The number of rotatable bonds is 6. The predicted molar refractivity (Wildman–Crippen MR) is 83.6 cm³/mol. The van der Waals surface area contributed by atoms with Crippen molar-refractivity contribution in [2.24, 2.45) is 0 Å². The molecule has 0 spiro atoms. The van der Waals surface area contributed by atoms with E-state index in [4.69, 9.17) is 23.7 Å². The van der Waals surface area contributed by atoms with E-state index in [9.17, 15) is 19.2 Å². The summed E-state index contributed by atoms with van der Waals surface area (Å²) in [5, 5.41) is -0.562. The minimum absolute atomic E-state index is 0.159. The van der Waals surface area contributed by atoms with Gasteiger partial charge in [0.2, 0.25) is 0 Å². The van der Waals surface area contributed by atoms with Crippen LogP contribution in [0.25, 0.3) is 0 Å². The summed E-state index contributed by atoms with van der Waals surface area (Å²) >= 11 is -0.159. The second-order valence-electron chi connectivity index (χ2n) is 5.30. The van der Waals surface area contributed by atoms with Crippen LogP contribution < -0.4 is 0 Å². The third-order valence-corrected chi connectivity index (χ3v) is 4.95. The quantitative estimate of drug-likeness (QED) is 0.325. The van der Waals surface area contributed by atoms with E-state index in [1.165, 1.54) is 27.7 Å². The van der Waals surface area contributed by atoms with Gasteiger partial charge in [-0.1, -0.05) is 0 Å². The molecule has 0 amide bonds. The number of carbonyl (C=O) groups excluding carboxylic acids is 4. The second kappa shape index (κ2) is 9.74. The molecule has 142 valence electrons. The molecule has 1 fully saturated rings. The minimum atomic E-state index is -1.08. The summed E-state index contributed by atoms with van der Waals surface area (Å²) in [4.78, 5) is 45.5. The van der Waals surface area contributed by atoms with E-state index in [1.807, 2.05) is 5.82 Å². The van der Waals surface area contributed by atoms with Gasteiger partial charge in [0.1, 0.15) is 0 Å². The van der Waals surface area contributed by atoms with Gasteiger partial charge in [-0.25, -0.2) is 0 Å². The molecule has 5 atom stereocenters. The maximum atomic E-state index is 11.5. The molecule has 1 heterocycles. The van der Waals surface area contributed by atoms with Crippen molar-refractivity contribution in [3.8, 4) is 0 Å². The summed E-state index contributed by atoms with van der Waals surface area (Å²) in [5.41, 5.74) is 0. The van der Waals surface area contributed by atoms with E-state index in [0.29, 0.717) is 0 Å². The predicted octanol–water partition coefficient (Wildman–Crippen LogP) is -0.178. The van der Waals surface area contributed by atoms with Crippen molar-refractivity contribution in [1.29, 1.82) is 0 Å². The molecule has 9 nitrogen and oxygen atoms in total. The molecule has 1 aliphatic rings. The van der Waals surface area contributed by atoms with Crippen LogP contribution in [0.1, 0.15) is 27.7 Å². The fraction of sp³-hybridized carbons (Fsp3) is 0.733. The molecule has 0 aromatic rings. The van der Waals surface area contributed by atoms with E-state index in [0.717, 1.165) is 0 Å². The van der Waals surface area contributed by atoms with Crippen LogP contribution >= 0.6 is 0 Å². The Bertz CT molecular complexity index is 521. The second-order valence-corrected chi connectivity index (χ2v) is 7.27. The summed E-state index contributed by atoms with van der Waals surface area (Å²) in [6.45, 7) is 4.64. The Labute approximate surface area is 151 Å². The first-order valence-electron chi connectivity index (χ1n) is 7.49. The molecular weight excluding hydrogens is 403 g/mol. The van der Waals surface area contributed by atoms with Gasteiger partial charge in [-0.2, -0.15) is 0 Å². The average molecular weight is 425 g/mol. The zero-order valence-electron chi connectivity index (χ0n) is 14.7. The van der Waals surface area contributed by atoms with Gasteiger partial charge >= 0.3 is 151 Å². The fourth-order valence-electron chi connectivity index (χ4n) is 2.38. The molecule has 0 aromatic heterocycles. The van der Waals surface area contributed by atoms with Crippen LogP contribution in [0.3, 0.4) is 0 Å². The molecule has 0 radical (unpaired) electrons. The molecule has 0 aliphatic carbocycles. The Kier molecular flexibility index (Phi) is 8.34. The first kappa shape index (κ1) is 21.4. The van der Waals surface area contributed by atoms with Crippen molar-refractivity contribution in [2.45, 2.75) is 62.9 Å². The SMILES string of the molecule is C[Se]C1OC(COC(C)=O)C(OC(C)=O)C(OC(C)=O)C1OC(C)=O. The molecule has 0 aromatic carbocycles. The number of carbonyl (C=O) groups is 4. The van der Waals surface area contributed by atoms with E-state index in [2.05, 4.69) is 0 Å². The molecule has 0 N–H and O–H groups in total. The van der Waals surface area contributed by atoms with Gasteiger partial charge in [-0.05, 0) is 0 Å². The first-order valence-corrected chi connectivity index (χ1v) is 10.2. The van der Waals surface area contributed by atoms with Gasteiger partial charge in [0, 0.05) is 0 Å². The van der Waals surface area contributed by atoms with Crippen LogP contribution in [-0.2, 0) is 42.9 Å². The normalized spacial score (nSPS) is 28.6. The van der Waals surface area contributed by atoms with Gasteiger partial charge < -0.3 is 0 Å². The van der Waals surface area contributed by atoms with Crippen LogP contribution in [-0.4, -0.2) is 74.9 Å². The number of hydrogen-bond acceptors (Lipinski definition) is 9. The Hall–Kier alpha value is -1.64. The summed E-state index contributed by atoms with van der Waals surface area (Å²) in [6, 6.07) is 0. The molecule has 1 rings (SSSR count). The van der Waals surface area contributed by atoms with Crippen LogP contribution in [0.15, 0.2) is 0 Å². The summed E-state index contributed by atoms with van der Waals surface area (Å²) in [7, 11) is 0. The van der Waals surface area contributed by atoms with Crippen molar-refractivity contribution in [3.63, 3.8) is 0 Å². The van der Waals surface area contributed by atoms with Crippen molar-refractivity contribution in [2.75, 3.05) is 6.61 Å². The zero-order chi connectivity index (χ0) is 19.1. The molecule has 0 saturated carbocycles. The monoisotopic (exact) mass is 426 g/mol. The average Bonchev–Trinajstić information content (AvgIpc) is 2.48.